The summed E-state index contributed by atoms with van der Waals surface area (Å²) in [4.78, 5) is 27.2. The number of carbonyl (C=O) groups excluding carboxylic acids is 2. The van der Waals surface area contributed by atoms with Gasteiger partial charge in [0.25, 0.3) is 0 Å². The van der Waals surface area contributed by atoms with Gasteiger partial charge < -0.3 is 15.1 Å². The molecule has 0 unspecified atom stereocenters. The number of rotatable bonds is 2. The van der Waals surface area contributed by atoms with E-state index in [9.17, 15) is 9.59 Å². The Morgan fingerprint density at radius 1 is 0.952 bits per heavy atom. The van der Waals surface area contributed by atoms with E-state index in [0.717, 1.165) is 24.7 Å². The fourth-order valence-electron chi connectivity index (χ4n) is 3.42. The van der Waals surface area contributed by atoms with Gasteiger partial charge in [-0.2, -0.15) is 0 Å². The van der Waals surface area contributed by atoms with Crippen LogP contribution >= 0.6 is 0 Å². The number of nitrogens with zero attached hydrogens (tertiary/aromatic N) is 2. The van der Waals surface area contributed by atoms with Crippen molar-refractivity contribution in [2.45, 2.75) is 52.5 Å². The van der Waals surface area contributed by atoms with E-state index in [1.54, 1.807) is 11.8 Å². The molecule has 2 aliphatic rings. The van der Waals surface area contributed by atoms with Gasteiger partial charge in [0.05, 0.1) is 0 Å². The van der Waals surface area contributed by atoms with Crippen molar-refractivity contribution in [3.63, 3.8) is 0 Å². The van der Waals surface area contributed by atoms with Crippen LogP contribution in [0.2, 0.25) is 0 Å². The minimum absolute atomic E-state index is 0.0474. The summed E-state index contributed by atoms with van der Waals surface area (Å²) in [7, 11) is 0. The molecule has 1 saturated carbocycles. The molecule has 5 nitrogen and oxygen atoms in total. The van der Waals surface area contributed by atoms with E-state index in [4.69, 9.17) is 0 Å². The Morgan fingerprint density at radius 3 is 1.95 bits per heavy atom. The topological polar surface area (TPSA) is 52.7 Å². The molecule has 2 fully saturated rings. The fourth-order valence-corrected chi connectivity index (χ4v) is 3.42. The third kappa shape index (κ3) is 4.35. The average Bonchev–Trinajstić information content (AvgIpc) is 2.47. The lowest BCUT2D eigenvalue weighted by Crippen LogP contribution is -2.54. The molecular formula is C16H29N3O2. The van der Waals surface area contributed by atoms with Crippen LogP contribution in [0.5, 0.6) is 0 Å². The minimum atomic E-state index is 0.0474. The van der Waals surface area contributed by atoms with Crippen molar-refractivity contribution in [1.82, 2.24) is 15.1 Å². The van der Waals surface area contributed by atoms with Gasteiger partial charge in [-0.1, -0.05) is 13.8 Å². The van der Waals surface area contributed by atoms with Gasteiger partial charge in [0, 0.05) is 39.1 Å². The molecule has 1 aliphatic carbocycles. The largest absolute Gasteiger partial charge is 0.339 e. The van der Waals surface area contributed by atoms with E-state index in [2.05, 4.69) is 19.2 Å². The second-order valence-electron chi connectivity index (χ2n) is 6.80. The number of carbonyl (C=O) groups is 2. The van der Waals surface area contributed by atoms with Crippen molar-refractivity contribution in [3.8, 4) is 0 Å². The lowest BCUT2D eigenvalue weighted by molar-refractivity contribution is -0.130. The zero-order valence-corrected chi connectivity index (χ0v) is 13.6. The summed E-state index contributed by atoms with van der Waals surface area (Å²) in [6, 6.07) is 0.379. The van der Waals surface area contributed by atoms with E-state index in [1.165, 1.54) is 12.8 Å². The predicted octanol–water partition coefficient (Wildman–Crippen LogP) is 2.07. The average molecular weight is 295 g/mol. The molecule has 0 aromatic heterocycles. The number of hydrogen-bond acceptors (Lipinski definition) is 2. The van der Waals surface area contributed by atoms with Crippen LogP contribution in [0, 0.1) is 11.8 Å². The molecule has 1 saturated heterocycles. The maximum absolute atomic E-state index is 12.3. The number of hydrogen-bond donors (Lipinski definition) is 1. The van der Waals surface area contributed by atoms with E-state index >= 15 is 0 Å². The van der Waals surface area contributed by atoms with E-state index in [-0.39, 0.29) is 11.9 Å². The minimum Gasteiger partial charge on any atom is -0.339 e. The van der Waals surface area contributed by atoms with Crippen molar-refractivity contribution in [2.24, 2.45) is 11.8 Å². The summed E-state index contributed by atoms with van der Waals surface area (Å²) < 4.78 is 0. The van der Waals surface area contributed by atoms with Gasteiger partial charge in [-0.05, 0) is 37.5 Å². The predicted molar refractivity (Wildman–Crippen MR) is 82.9 cm³/mol. The van der Waals surface area contributed by atoms with Gasteiger partial charge >= 0.3 is 6.03 Å². The van der Waals surface area contributed by atoms with Crippen molar-refractivity contribution >= 4 is 11.9 Å². The second kappa shape index (κ2) is 7.14. The highest BCUT2D eigenvalue weighted by atomic mass is 16.2. The van der Waals surface area contributed by atoms with Gasteiger partial charge in [-0.25, -0.2) is 4.79 Å². The number of urea groups is 1. The molecular weight excluding hydrogens is 266 g/mol. The second-order valence-corrected chi connectivity index (χ2v) is 6.80. The number of amides is 3. The SMILES string of the molecule is CC(=O)N1CCN(C(=O)N[C@H]2CC[C@H](C(C)C)CC2)CC1. The highest BCUT2D eigenvalue weighted by molar-refractivity contribution is 5.76. The summed E-state index contributed by atoms with van der Waals surface area (Å²) in [6.07, 6.45) is 4.64. The maximum atomic E-state index is 12.3. The van der Waals surface area contributed by atoms with Crippen LogP contribution in [-0.4, -0.2) is 54.0 Å². The summed E-state index contributed by atoms with van der Waals surface area (Å²) in [5, 5.41) is 3.18. The zero-order valence-electron chi connectivity index (χ0n) is 13.6. The molecule has 0 atom stereocenters. The molecule has 0 spiro atoms. The molecule has 0 aromatic carbocycles. The lowest BCUT2D eigenvalue weighted by atomic mass is 9.80. The Kier molecular flexibility index (Phi) is 5.48. The quantitative estimate of drug-likeness (QED) is 0.848. The standard InChI is InChI=1S/C16H29N3O2/c1-12(2)14-4-6-15(7-5-14)17-16(21)19-10-8-18(9-11-19)13(3)20/h12,14-15H,4-11H2,1-3H3,(H,17,21)/t14-,15-. The Hall–Kier alpha value is -1.26. The Labute approximate surface area is 128 Å². The van der Waals surface area contributed by atoms with Crippen molar-refractivity contribution < 1.29 is 9.59 Å². The molecule has 0 aromatic rings. The highest BCUT2D eigenvalue weighted by Crippen LogP contribution is 2.29. The van der Waals surface area contributed by atoms with Gasteiger partial charge in [-0.15, -0.1) is 0 Å². The van der Waals surface area contributed by atoms with E-state index in [1.807, 2.05) is 4.90 Å². The van der Waals surface area contributed by atoms with Crippen LogP contribution in [0.4, 0.5) is 4.79 Å². The Balaban J connectivity index is 1.72. The first-order valence-corrected chi connectivity index (χ1v) is 8.28. The molecule has 3 amide bonds. The Bertz CT molecular complexity index is 368. The van der Waals surface area contributed by atoms with Crippen molar-refractivity contribution in [1.29, 1.82) is 0 Å². The summed E-state index contributed by atoms with van der Waals surface area (Å²) in [5.41, 5.74) is 0. The molecule has 5 heteroatoms. The Morgan fingerprint density at radius 2 is 1.48 bits per heavy atom. The maximum Gasteiger partial charge on any atom is 0.317 e. The zero-order chi connectivity index (χ0) is 15.4. The molecule has 1 aliphatic heterocycles. The van der Waals surface area contributed by atoms with E-state index in [0.29, 0.717) is 32.2 Å². The highest BCUT2D eigenvalue weighted by Gasteiger charge is 2.27. The fraction of sp³-hybridized carbons (Fsp3) is 0.875. The first kappa shape index (κ1) is 16.1. The summed E-state index contributed by atoms with van der Waals surface area (Å²) >= 11 is 0. The number of nitrogens with one attached hydrogen (secondary N) is 1. The van der Waals surface area contributed by atoms with Crippen molar-refractivity contribution in [2.75, 3.05) is 26.2 Å². The van der Waals surface area contributed by atoms with Crippen molar-refractivity contribution in [3.05, 3.63) is 0 Å². The third-order valence-corrected chi connectivity index (χ3v) is 5.05. The third-order valence-electron chi connectivity index (χ3n) is 5.05. The van der Waals surface area contributed by atoms with Crippen LogP contribution in [0.25, 0.3) is 0 Å². The van der Waals surface area contributed by atoms with Crippen LogP contribution in [0.3, 0.4) is 0 Å². The number of piperazine rings is 1. The molecule has 0 radical (unpaired) electrons. The first-order chi connectivity index (χ1) is 9.97. The molecule has 1 N–H and O–H groups in total. The normalized spacial score (nSPS) is 26.9. The molecule has 1 heterocycles. The molecule has 120 valence electrons. The lowest BCUT2D eigenvalue weighted by Gasteiger charge is -2.36. The van der Waals surface area contributed by atoms with E-state index < -0.39 is 0 Å². The van der Waals surface area contributed by atoms with Gasteiger partial charge in [0.15, 0.2) is 0 Å². The van der Waals surface area contributed by atoms with Gasteiger partial charge in [-0.3, -0.25) is 4.79 Å². The van der Waals surface area contributed by atoms with Gasteiger partial charge in [0.1, 0.15) is 0 Å². The molecule has 2 rings (SSSR count). The van der Waals surface area contributed by atoms with Crippen LogP contribution in [-0.2, 0) is 4.79 Å². The monoisotopic (exact) mass is 295 g/mol. The smallest absolute Gasteiger partial charge is 0.317 e. The molecule has 21 heavy (non-hydrogen) atoms. The van der Waals surface area contributed by atoms with Gasteiger partial charge in [0.2, 0.25) is 5.91 Å². The summed E-state index contributed by atoms with van der Waals surface area (Å²) in [6.45, 7) is 8.77. The first-order valence-electron chi connectivity index (χ1n) is 8.28. The van der Waals surface area contributed by atoms with Crippen LogP contribution in [0.15, 0.2) is 0 Å². The molecule has 0 bridgehead atoms. The van der Waals surface area contributed by atoms with Crippen LogP contribution in [0.1, 0.15) is 46.5 Å². The van der Waals surface area contributed by atoms with Crippen LogP contribution < -0.4 is 5.32 Å². The summed E-state index contributed by atoms with van der Waals surface area (Å²) in [5.74, 6) is 1.67.